The van der Waals surface area contributed by atoms with Crippen molar-refractivity contribution < 1.29 is 172 Å². The third-order valence-electron chi connectivity index (χ3n) is 8.40. The molecule has 3 atom stereocenters. The molecule has 362 valence electrons. The van der Waals surface area contributed by atoms with E-state index in [-0.39, 0.29) is 198 Å². The smallest absolute Gasteiger partial charge is 0.285 e. The summed E-state index contributed by atoms with van der Waals surface area (Å²) < 4.78 is 32.6. The molecule has 2 aromatic rings. The molecule has 0 aromatic heterocycles. The van der Waals surface area contributed by atoms with Crippen LogP contribution in [0.2, 0.25) is 0 Å². The van der Waals surface area contributed by atoms with Crippen molar-refractivity contribution in [3.05, 3.63) is 70.8 Å². The number of benzene rings is 2. The molecule has 17 nitrogen and oxygen atoms in total. The number of rotatable bonds is 9. The van der Waals surface area contributed by atoms with Crippen LogP contribution in [0, 0.1) is 62.2 Å². The number of amides is 4. The predicted molar refractivity (Wildman–Crippen MR) is 235 cm³/mol. The Bertz CT molecular complexity index is 1620. The molecule has 0 spiro atoms. The summed E-state index contributed by atoms with van der Waals surface area (Å²) >= 11 is 9.53. The molecule has 26 heteroatoms. The summed E-state index contributed by atoms with van der Waals surface area (Å²) in [6.45, 7) is 13.9. The second-order valence-corrected chi connectivity index (χ2v) is 15.0. The molecule has 5 aliphatic heterocycles. The van der Waals surface area contributed by atoms with Gasteiger partial charge < -0.3 is 38.4 Å². The van der Waals surface area contributed by atoms with Crippen molar-refractivity contribution in [1.82, 2.24) is 10.1 Å². The average molecular weight is 1790 g/mol. The van der Waals surface area contributed by atoms with Crippen LogP contribution < -0.4 is 5.90 Å². The number of fused-ring (bicyclic) bond motifs is 2. The summed E-state index contributed by atoms with van der Waals surface area (Å²) in [5.41, 5.74) is 1.27. The Morgan fingerprint density at radius 2 is 0.922 bits per heavy atom. The van der Waals surface area contributed by atoms with E-state index in [1.54, 1.807) is 36.4 Å². The van der Waals surface area contributed by atoms with Crippen LogP contribution in [0.1, 0.15) is 102 Å². The van der Waals surface area contributed by atoms with Crippen LogP contribution >= 0.6 is 63.7 Å². The standard InChI is InChI=1S/C15H17NO5.C8H5NO3.C7H15NO3.C7H14O3.CH2Cl2.3H2S.2U.2W/c1-15(2)19-9-10(21-15)7-8-20-16-13(17)11-5-3-4-6-12(11)14(16)18;10-7-5-3-1-2-4-6(5)8(11)9(7)12;1-7(2)9-5-6(11-7)3-4-10-8;1-7(2)9-5-6(10-7)3-4-8;2-1-3;;;;;;;/h3-6,10H,7-9H2,1-2H3;1-4,12H;6H,3-5,8H2,1-2H3;6,8H,3-5H2,1-2H3;1H2;3*1H2;;;;/t10-;;2*6-;;;;;;;;/m0.00......../s1. The van der Waals surface area contributed by atoms with Gasteiger partial charge in [-0.25, -0.2) is 5.90 Å². The first-order valence-electron chi connectivity index (χ1n) is 18.2. The molecular formula is C38H59Cl2N3O14S3U2W2. The van der Waals surface area contributed by atoms with Crippen LogP contribution in [0.5, 0.6) is 0 Å². The SMILES string of the molecule is CC1(C)OC[C@H](CCO)O1.CC1(C)OC[C@H](CCON)O1.CC1(C)OC[C@H](CCON2C(=O)c3ccccc3C2=O)O1.ClCCl.O=C1c2ccccc2C(=O)N1O.S.S.S.[U].[U].[W].[W]. The second kappa shape index (κ2) is 36.3. The number of nitrogens with two attached hydrogens (primary N) is 1. The summed E-state index contributed by atoms with van der Waals surface area (Å²) in [7, 11) is 0. The zero-order valence-corrected chi connectivity index (χ0v) is 55.0. The minimum Gasteiger partial charge on any atom is -0.396 e. The molecule has 0 radical (unpaired) electrons. The van der Waals surface area contributed by atoms with Gasteiger partial charge in [0.1, 0.15) is 0 Å². The topological polar surface area (TPSA) is 215 Å². The molecule has 7 rings (SSSR count). The number of carbonyl (C=O) groups is 4. The van der Waals surface area contributed by atoms with Crippen molar-refractivity contribution in [2.45, 2.75) is 96.5 Å². The Labute approximate surface area is 482 Å². The molecule has 64 heavy (non-hydrogen) atoms. The van der Waals surface area contributed by atoms with Gasteiger partial charge in [0.15, 0.2) is 17.4 Å². The van der Waals surface area contributed by atoms with Crippen molar-refractivity contribution in [1.29, 1.82) is 0 Å². The van der Waals surface area contributed by atoms with Crippen molar-refractivity contribution >= 4 is 87.3 Å². The summed E-state index contributed by atoms with van der Waals surface area (Å²) in [5.74, 6) is 1.27. The van der Waals surface area contributed by atoms with E-state index in [1.807, 2.05) is 41.5 Å². The van der Waals surface area contributed by atoms with Crippen LogP contribution in [0.3, 0.4) is 0 Å². The Morgan fingerprint density at radius 3 is 1.20 bits per heavy atom. The molecule has 4 N–H and O–H groups in total. The van der Waals surface area contributed by atoms with Crippen LogP contribution in [0.4, 0.5) is 0 Å². The molecule has 5 heterocycles. The number of alkyl halides is 2. The van der Waals surface area contributed by atoms with Gasteiger partial charge in [-0.1, -0.05) is 24.3 Å². The Morgan fingerprint density at radius 1 is 0.625 bits per heavy atom. The fourth-order valence-corrected chi connectivity index (χ4v) is 5.80. The van der Waals surface area contributed by atoms with E-state index in [2.05, 4.69) is 4.84 Å². The van der Waals surface area contributed by atoms with Crippen molar-refractivity contribution in [3.63, 3.8) is 0 Å². The molecule has 3 fully saturated rings. The molecule has 2 aromatic carbocycles. The first-order chi connectivity index (χ1) is 26.9. The predicted octanol–water partition coefficient (Wildman–Crippen LogP) is 5.12. The van der Waals surface area contributed by atoms with Gasteiger partial charge in [0.2, 0.25) is 0 Å². The molecule has 0 saturated carbocycles. The number of halogens is 2. The third-order valence-corrected chi connectivity index (χ3v) is 8.40. The minimum atomic E-state index is -0.657. The maximum absolute atomic E-state index is 12.1. The van der Waals surface area contributed by atoms with E-state index in [0.717, 1.165) is 11.5 Å². The largest absolute Gasteiger partial charge is 0.396 e. The van der Waals surface area contributed by atoms with Gasteiger partial charge in [0, 0.05) is 124 Å². The van der Waals surface area contributed by atoms with E-state index in [1.165, 1.54) is 12.1 Å². The third kappa shape index (κ3) is 24.0. The van der Waals surface area contributed by atoms with Gasteiger partial charge in [-0.05, 0) is 72.2 Å². The number of imide groups is 2. The van der Waals surface area contributed by atoms with Gasteiger partial charge in [0.05, 0.1) is 78.9 Å². The molecule has 0 bridgehead atoms. The summed E-state index contributed by atoms with van der Waals surface area (Å²) in [4.78, 5) is 56.0. The normalized spacial score (nSPS) is 20.8. The van der Waals surface area contributed by atoms with Crippen molar-refractivity contribution in [3.8, 4) is 0 Å². The number of hydrogen-bond acceptors (Lipinski definition) is 15. The summed E-state index contributed by atoms with van der Waals surface area (Å²) in [5, 5.41) is 18.6. The first-order valence-corrected chi connectivity index (χ1v) is 19.2. The Balaban J connectivity index is -0.000000238. The average Bonchev–Trinajstić information content (AvgIpc) is 3.93. The molecule has 5 aliphatic rings. The monoisotopic (exact) mass is 1790 g/mol. The fourth-order valence-electron chi connectivity index (χ4n) is 5.80. The van der Waals surface area contributed by atoms with Crippen LogP contribution in [-0.2, 0) is 80.2 Å². The van der Waals surface area contributed by atoms with E-state index in [9.17, 15) is 19.2 Å². The molecule has 0 aliphatic carbocycles. The summed E-state index contributed by atoms with van der Waals surface area (Å²) in [6, 6.07) is 13.0. The molecule has 4 amide bonds. The number of aliphatic hydroxyl groups is 1. The first kappa shape index (κ1) is 74.3. The zero-order valence-electron chi connectivity index (χ0n) is 36.3. The maximum atomic E-state index is 12.1. The summed E-state index contributed by atoms with van der Waals surface area (Å²) in [6.07, 6.45) is 2.14. The quantitative estimate of drug-likeness (QED) is 0.129. The Kier molecular flexibility index (Phi) is 42.2. The fraction of sp³-hybridized carbons (Fsp3) is 0.579. The minimum absolute atomic E-state index is 0. The van der Waals surface area contributed by atoms with Gasteiger partial charge in [-0.3, -0.25) is 29.2 Å². The number of ether oxygens (including phenoxy) is 6. The number of hydrogen-bond donors (Lipinski definition) is 3. The van der Waals surface area contributed by atoms with E-state index < -0.39 is 41.0 Å². The Hall–Kier alpha value is 1.39. The number of nitrogens with zero attached hydrogens (tertiary/aromatic N) is 2. The van der Waals surface area contributed by atoms with Gasteiger partial charge >= 0.3 is 0 Å². The zero-order chi connectivity index (χ0) is 42.4. The number of aliphatic hydroxyl groups excluding tert-OH is 1. The van der Waals surface area contributed by atoms with Gasteiger partial charge in [-0.15, -0.1) is 33.3 Å². The molecular weight excluding hydrogens is 1730 g/mol. The van der Waals surface area contributed by atoms with Crippen LogP contribution in [0.25, 0.3) is 0 Å². The molecule has 3 saturated heterocycles. The van der Waals surface area contributed by atoms with Gasteiger partial charge in [-0.2, -0.15) is 40.5 Å². The number of carbonyl (C=O) groups excluding carboxylic acids is 4. The van der Waals surface area contributed by atoms with E-state index in [4.69, 9.17) is 72.7 Å². The van der Waals surface area contributed by atoms with E-state index >= 15 is 0 Å². The van der Waals surface area contributed by atoms with Crippen molar-refractivity contribution in [2.75, 3.05) is 45.0 Å². The number of hydroxylamine groups is 4. The maximum Gasteiger partial charge on any atom is 0.285 e. The van der Waals surface area contributed by atoms with E-state index in [0.29, 0.717) is 50.4 Å². The van der Waals surface area contributed by atoms with Crippen LogP contribution in [-0.4, -0.2) is 125 Å². The van der Waals surface area contributed by atoms with Crippen molar-refractivity contribution in [2.24, 2.45) is 5.90 Å². The van der Waals surface area contributed by atoms with Crippen LogP contribution in [0.15, 0.2) is 48.5 Å². The van der Waals surface area contributed by atoms with Gasteiger partial charge in [0.25, 0.3) is 23.6 Å². The molecule has 0 unspecified atom stereocenters. The second-order valence-electron chi connectivity index (χ2n) is 14.2.